The Kier molecular flexibility index (Phi) is 4.51. The van der Waals surface area contributed by atoms with E-state index in [1.807, 2.05) is 12.1 Å². The molecule has 0 saturated heterocycles. The van der Waals surface area contributed by atoms with E-state index in [1.165, 1.54) is 19.3 Å². The largest absolute Gasteiger partial charge is 0.292 e. The molecule has 1 heterocycles. The minimum absolute atomic E-state index is 0.212. The number of carbonyl (C=O) groups is 1. The van der Waals surface area contributed by atoms with Crippen LogP contribution < -0.4 is 0 Å². The third kappa shape index (κ3) is 2.80. The van der Waals surface area contributed by atoms with E-state index in [1.54, 1.807) is 6.20 Å². The van der Waals surface area contributed by atoms with Crippen LogP contribution in [0.5, 0.6) is 0 Å². The zero-order valence-corrected chi connectivity index (χ0v) is 11.5. The summed E-state index contributed by atoms with van der Waals surface area (Å²) in [4.78, 5) is 16.9. The van der Waals surface area contributed by atoms with Gasteiger partial charge in [0.25, 0.3) is 0 Å². The van der Waals surface area contributed by atoms with Crippen LogP contribution in [0.1, 0.15) is 62.0 Å². The van der Waals surface area contributed by atoms with Crippen LogP contribution in [0.2, 0.25) is 0 Å². The molecule has 0 bridgehead atoms. The van der Waals surface area contributed by atoms with Gasteiger partial charge in [-0.2, -0.15) is 0 Å². The molecule has 1 fully saturated rings. The summed E-state index contributed by atoms with van der Waals surface area (Å²) in [6, 6.07) is 3.95. The Balaban J connectivity index is 2.15. The molecule has 1 aromatic heterocycles. The molecule has 2 rings (SSSR count). The van der Waals surface area contributed by atoms with Crippen molar-refractivity contribution in [2.24, 2.45) is 11.8 Å². The van der Waals surface area contributed by atoms with Crippen molar-refractivity contribution in [3.05, 3.63) is 29.6 Å². The predicted molar refractivity (Wildman–Crippen MR) is 73.7 cm³/mol. The van der Waals surface area contributed by atoms with Crippen LogP contribution in [0, 0.1) is 11.8 Å². The fourth-order valence-electron chi connectivity index (χ4n) is 3.04. The molecule has 0 aliphatic heterocycles. The highest BCUT2D eigenvalue weighted by atomic mass is 16.1. The maximum Gasteiger partial charge on any atom is 0.184 e. The van der Waals surface area contributed by atoms with Gasteiger partial charge in [0, 0.05) is 12.1 Å². The molecule has 2 heteroatoms. The van der Waals surface area contributed by atoms with Crippen molar-refractivity contribution < 1.29 is 4.79 Å². The first-order valence-corrected chi connectivity index (χ1v) is 7.24. The van der Waals surface area contributed by atoms with Gasteiger partial charge >= 0.3 is 0 Å². The molecule has 2 atom stereocenters. The zero-order valence-electron chi connectivity index (χ0n) is 11.5. The predicted octanol–water partition coefficient (Wildman–Crippen LogP) is 4.04. The minimum Gasteiger partial charge on any atom is -0.292 e. The van der Waals surface area contributed by atoms with Crippen molar-refractivity contribution in [2.75, 3.05) is 0 Å². The molecule has 2 unspecified atom stereocenters. The number of Topliss-reactive ketones (excluding diaryl/α,β-unsaturated/α-hetero) is 1. The lowest BCUT2D eigenvalue weighted by molar-refractivity contribution is 0.0855. The van der Waals surface area contributed by atoms with Crippen molar-refractivity contribution in [2.45, 2.75) is 52.4 Å². The number of aromatic nitrogens is 1. The Morgan fingerprint density at radius 2 is 2.22 bits per heavy atom. The fourth-order valence-corrected chi connectivity index (χ4v) is 3.04. The molecule has 1 saturated carbocycles. The summed E-state index contributed by atoms with van der Waals surface area (Å²) in [5.41, 5.74) is 1.82. The van der Waals surface area contributed by atoms with Gasteiger partial charge in [-0.25, -0.2) is 0 Å². The van der Waals surface area contributed by atoms with Crippen LogP contribution >= 0.6 is 0 Å². The van der Waals surface area contributed by atoms with E-state index in [-0.39, 0.29) is 11.7 Å². The lowest BCUT2D eigenvalue weighted by Gasteiger charge is -2.27. The topological polar surface area (TPSA) is 30.0 Å². The number of carbonyl (C=O) groups excluding carboxylic acids is 1. The molecule has 18 heavy (non-hydrogen) atoms. The highest BCUT2D eigenvalue weighted by molar-refractivity contribution is 5.97. The summed E-state index contributed by atoms with van der Waals surface area (Å²) in [7, 11) is 0. The average Bonchev–Trinajstić information content (AvgIpc) is 2.46. The van der Waals surface area contributed by atoms with Crippen molar-refractivity contribution in [3.63, 3.8) is 0 Å². The molecule has 1 aliphatic rings. The van der Waals surface area contributed by atoms with E-state index in [0.29, 0.717) is 0 Å². The third-order valence-electron chi connectivity index (χ3n) is 4.24. The maximum absolute atomic E-state index is 12.6. The smallest absolute Gasteiger partial charge is 0.184 e. The third-order valence-corrected chi connectivity index (χ3v) is 4.24. The molecule has 98 valence electrons. The van der Waals surface area contributed by atoms with E-state index in [2.05, 4.69) is 18.8 Å². The second-order valence-corrected chi connectivity index (χ2v) is 5.37. The lowest BCUT2D eigenvalue weighted by atomic mass is 9.77. The Morgan fingerprint density at radius 3 is 2.94 bits per heavy atom. The van der Waals surface area contributed by atoms with Gasteiger partial charge in [-0.3, -0.25) is 9.78 Å². The molecule has 0 N–H and O–H groups in total. The number of rotatable bonds is 4. The molecule has 0 aromatic carbocycles. The van der Waals surface area contributed by atoms with Crippen molar-refractivity contribution >= 4 is 5.78 Å². The Morgan fingerprint density at radius 1 is 1.39 bits per heavy atom. The summed E-state index contributed by atoms with van der Waals surface area (Å²) in [5, 5.41) is 0. The Hall–Kier alpha value is -1.18. The lowest BCUT2D eigenvalue weighted by Crippen LogP contribution is -2.24. The van der Waals surface area contributed by atoms with Gasteiger partial charge in [-0.15, -0.1) is 0 Å². The molecule has 1 aliphatic carbocycles. The monoisotopic (exact) mass is 245 g/mol. The summed E-state index contributed by atoms with van der Waals surface area (Å²) < 4.78 is 0. The first-order valence-electron chi connectivity index (χ1n) is 7.24. The number of ketones is 1. The fraction of sp³-hybridized carbons (Fsp3) is 0.625. The number of pyridine rings is 1. The molecule has 1 aromatic rings. The summed E-state index contributed by atoms with van der Waals surface area (Å²) in [5.74, 6) is 1.23. The second-order valence-electron chi connectivity index (χ2n) is 5.37. The number of hydrogen-bond donors (Lipinski definition) is 0. The van der Waals surface area contributed by atoms with Crippen LogP contribution in [0.4, 0.5) is 0 Å². The highest BCUT2D eigenvalue weighted by Crippen LogP contribution is 2.33. The normalized spacial score (nSPS) is 23.9. The van der Waals surface area contributed by atoms with Gasteiger partial charge in [0.15, 0.2) is 5.78 Å². The van der Waals surface area contributed by atoms with Crippen molar-refractivity contribution in [3.8, 4) is 0 Å². The van der Waals surface area contributed by atoms with Crippen molar-refractivity contribution in [1.82, 2.24) is 4.98 Å². The van der Waals surface area contributed by atoms with E-state index in [4.69, 9.17) is 0 Å². The highest BCUT2D eigenvalue weighted by Gasteiger charge is 2.28. The van der Waals surface area contributed by atoms with Gasteiger partial charge in [-0.1, -0.05) is 39.2 Å². The first-order chi connectivity index (χ1) is 8.76. The van der Waals surface area contributed by atoms with Gasteiger partial charge in [0.1, 0.15) is 5.69 Å². The van der Waals surface area contributed by atoms with Crippen molar-refractivity contribution in [1.29, 1.82) is 0 Å². The average molecular weight is 245 g/mol. The van der Waals surface area contributed by atoms with Gasteiger partial charge in [0.05, 0.1) is 0 Å². The number of hydrogen-bond acceptors (Lipinski definition) is 2. The first kappa shape index (κ1) is 13.3. The SMILES string of the molecule is CCc1cccnc1C(=O)C1CCCC(CC)C1. The van der Waals surface area contributed by atoms with E-state index in [9.17, 15) is 4.79 Å². The minimum atomic E-state index is 0.212. The zero-order chi connectivity index (χ0) is 13.0. The molecule has 0 amide bonds. The summed E-state index contributed by atoms with van der Waals surface area (Å²) in [6.07, 6.45) is 8.44. The maximum atomic E-state index is 12.6. The van der Waals surface area contributed by atoms with E-state index in [0.717, 1.165) is 36.4 Å². The molecule has 2 nitrogen and oxygen atoms in total. The summed E-state index contributed by atoms with van der Waals surface area (Å²) in [6.45, 7) is 4.32. The summed E-state index contributed by atoms with van der Waals surface area (Å²) >= 11 is 0. The Bertz CT molecular complexity index is 413. The molecule has 0 spiro atoms. The number of aryl methyl sites for hydroxylation is 1. The number of nitrogens with zero attached hydrogens (tertiary/aromatic N) is 1. The second kappa shape index (κ2) is 6.12. The molecular weight excluding hydrogens is 222 g/mol. The van der Waals surface area contributed by atoms with Gasteiger partial charge in [-0.05, 0) is 36.8 Å². The van der Waals surface area contributed by atoms with Crippen LogP contribution in [0.15, 0.2) is 18.3 Å². The molecular formula is C16H23NO. The standard InChI is InChI=1S/C16H23NO/c1-3-12-7-5-8-14(11-12)16(18)15-13(4-2)9-6-10-17-15/h6,9-10,12,14H,3-5,7-8,11H2,1-2H3. The van der Waals surface area contributed by atoms with E-state index < -0.39 is 0 Å². The quantitative estimate of drug-likeness (QED) is 0.749. The van der Waals surface area contributed by atoms with Crippen LogP contribution in [-0.4, -0.2) is 10.8 Å². The Labute approximate surface area is 110 Å². The van der Waals surface area contributed by atoms with Crippen LogP contribution in [-0.2, 0) is 6.42 Å². The van der Waals surface area contributed by atoms with E-state index >= 15 is 0 Å². The molecule has 0 radical (unpaired) electrons. The van der Waals surface area contributed by atoms with Crippen LogP contribution in [0.25, 0.3) is 0 Å². The van der Waals surface area contributed by atoms with Gasteiger partial charge in [0.2, 0.25) is 0 Å². The van der Waals surface area contributed by atoms with Gasteiger partial charge < -0.3 is 0 Å². The van der Waals surface area contributed by atoms with Crippen LogP contribution in [0.3, 0.4) is 0 Å².